The van der Waals surface area contributed by atoms with Crippen LogP contribution in [-0.2, 0) is 11.3 Å². The first-order chi connectivity index (χ1) is 13.0. The van der Waals surface area contributed by atoms with Crippen LogP contribution in [0.2, 0.25) is 5.02 Å². The number of carbonyl (C=O) groups is 1. The predicted octanol–water partition coefficient (Wildman–Crippen LogP) is 4.12. The second-order valence-electron chi connectivity index (χ2n) is 8.53. The highest BCUT2D eigenvalue weighted by atomic mass is 35.5. The molecule has 1 amide bonds. The summed E-state index contributed by atoms with van der Waals surface area (Å²) in [5.41, 5.74) is 1.17. The maximum absolute atomic E-state index is 12.8. The van der Waals surface area contributed by atoms with Gasteiger partial charge >= 0.3 is 0 Å². The zero-order valence-corrected chi connectivity index (χ0v) is 17.5. The molecule has 2 aliphatic rings. The largest absolute Gasteiger partial charge is 0.353 e. The summed E-state index contributed by atoms with van der Waals surface area (Å²) >= 11 is 6.16. The average Bonchev–Trinajstić information content (AvgIpc) is 2.82. The fourth-order valence-corrected chi connectivity index (χ4v) is 4.71. The van der Waals surface area contributed by atoms with Crippen LogP contribution in [0.15, 0.2) is 24.3 Å². The summed E-state index contributed by atoms with van der Waals surface area (Å²) in [6.45, 7) is 5.73. The first-order valence-corrected chi connectivity index (χ1v) is 10.9. The summed E-state index contributed by atoms with van der Waals surface area (Å²) in [6, 6.07) is 9.06. The highest BCUT2D eigenvalue weighted by Crippen LogP contribution is 2.25. The Kier molecular flexibility index (Phi) is 7.57. The molecule has 2 N–H and O–H groups in total. The minimum Gasteiger partial charge on any atom is -0.353 e. The molecule has 0 radical (unpaired) electrons. The van der Waals surface area contributed by atoms with Gasteiger partial charge in [-0.1, -0.05) is 49.4 Å². The van der Waals surface area contributed by atoms with Crippen molar-refractivity contribution in [1.82, 2.24) is 15.5 Å². The highest BCUT2D eigenvalue weighted by Gasteiger charge is 2.37. The Labute approximate surface area is 169 Å². The molecule has 2 fully saturated rings. The number of hydrogen-bond donors (Lipinski definition) is 2. The topological polar surface area (TPSA) is 44.4 Å². The molecule has 2 atom stereocenters. The smallest absolute Gasteiger partial charge is 0.237 e. The summed E-state index contributed by atoms with van der Waals surface area (Å²) in [5, 5.41) is 7.74. The number of nitrogens with zero attached hydrogens (tertiary/aromatic N) is 1. The van der Waals surface area contributed by atoms with Gasteiger partial charge in [-0.3, -0.25) is 9.69 Å². The predicted molar refractivity (Wildman–Crippen MR) is 112 cm³/mol. The maximum atomic E-state index is 12.8. The average molecular weight is 392 g/mol. The Morgan fingerprint density at radius 2 is 1.93 bits per heavy atom. The molecule has 5 heteroatoms. The van der Waals surface area contributed by atoms with Crippen molar-refractivity contribution in [3.05, 3.63) is 34.9 Å². The third kappa shape index (κ3) is 6.20. The van der Waals surface area contributed by atoms with E-state index in [1.165, 1.54) is 44.1 Å². The van der Waals surface area contributed by atoms with E-state index >= 15 is 0 Å². The summed E-state index contributed by atoms with van der Waals surface area (Å²) in [6.07, 6.45) is 8.81. The van der Waals surface area contributed by atoms with E-state index in [1.807, 2.05) is 32.0 Å². The van der Waals surface area contributed by atoms with E-state index in [0.717, 1.165) is 24.5 Å². The summed E-state index contributed by atoms with van der Waals surface area (Å²) in [4.78, 5) is 15.1. The third-order valence-electron chi connectivity index (χ3n) is 5.74. The van der Waals surface area contributed by atoms with Gasteiger partial charge in [0.15, 0.2) is 0 Å². The van der Waals surface area contributed by atoms with Crippen molar-refractivity contribution in [2.45, 2.75) is 89.5 Å². The molecule has 1 aliphatic carbocycles. The van der Waals surface area contributed by atoms with Gasteiger partial charge in [-0.05, 0) is 50.8 Å². The van der Waals surface area contributed by atoms with Crippen molar-refractivity contribution >= 4 is 17.5 Å². The maximum Gasteiger partial charge on any atom is 0.237 e. The minimum atomic E-state index is -0.0744. The number of amides is 1. The number of hydrogen-bond acceptors (Lipinski definition) is 3. The van der Waals surface area contributed by atoms with E-state index in [-0.39, 0.29) is 18.0 Å². The minimum absolute atomic E-state index is 0.0744. The molecule has 1 saturated heterocycles. The number of carbonyl (C=O) groups excluding carboxylic acids is 1. The Hall–Kier alpha value is -1.10. The van der Waals surface area contributed by atoms with Gasteiger partial charge in [-0.15, -0.1) is 0 Å². The lowest BCUT2D eigenvalue weighted by molar-refractivity contribution is -0.126. The number of likely N-dealkylation sites (tertiary alicyclic amines) is 1. The van der Waals surface area contributed by atoms with Gasteiger partial charge in [0.25, 0.3) is 0 Å². The van der Waals surface area contributed by atoms with Crippen molar-refractivity contribution in [3.8, 4) is 0 Å². The van der Waals surface area contributed by atoms with E-state index < -0.39 is 0 Å². The molecule has 0 bridgehead atoms. The normalized spacial score (nSPS) is 24.9. The summed E-state index contributed by atoms with van der Waals surface area (Å²) in [5.74, 6) is 0.150. The Bertz CT molecular complexity index is 613. The first kappa shape index (κ1) is 20.6. The monoisotopic (exact) mass is 391 g/mol. The number of rotatable bonds is 6. The molecule has 3 rings (SSSR count). The van der Waals surface area contributed by atoms with Gasteiger partial charge in [-0.25, -0.2) is 0 Å². The quantitative estimate of drug-likeness (QED) is 0.717. The molecule has 1 aliphatic heterocycles. The van der Waals surface area contributed by atoms with E-state index in [0.29, 0.717) is 12.1 Å². The Balaban J connectivity index is 1.66. The van der Waals surface area contributed by atoms with Crippen LogP contribution in [0, 0.1) is 0 Å². The lowest BCUT2D eigenvalue weighted by atomic mass is 10.1. The van der Waals surface area contributed by atoms with Crippen molar-refractivity contribution in [1.29, 1.82) is 0 Å². The van der Waals surface area contributed by atoms with Crippen LogP contribution in [0.25, 0.3) is 0 Å². The van der Waals surface area contributed by atoms with Gasteiger partial charge in [0.1, 0.15) is 0 Å². The number of nitrogens with one attached hydrogen (secondary N) is 2. The molecule has 4 nitrogen and oxygen atoms in total. The molecular weight excluding hydrogens is 358 g/mol. The second-order valence-corrected chi connectivity index (χ2v) is 8.96. The lowest BCUT2D eigenvalue weighted by Crippen LogP contribution is -2.45. The van der Waals surface area contributed by atoms with Crippen LogP contribution in [0.4, 0.5) is 0 Å². The summed E-state index contributed by atoms with van der Waals surface area (Å²) in [7, 11) is 0. The van der Waals surface area contributed by atoms with E-state index in [1.54, 1.807) is 0 Å². The Morgan fingerprint density at radius 1 is 1.19 bits per heavy atom. The van der Waals surface area contributed by atoms with E-state index in [2.05, 4.69) is 21.6 Å². The fourth-order valence-electron chi connectivity index (χ4n) is 4.50. The van der Waals surface area contributed by atoms with Crippen molar-refractivity contribution in [2.24, 2.45) is 0 Å². The second kappa shape index (κ2) is 9.90. The zero-order chi connectivity index (χ0) is 19.2. The molecule has 0 aromatic heterocycles. The lowest BCUT2D eigenvalue weighted by Gasteiger charge is -2.24. The van der Waals surface area contributed by atoms with Crippen molar-refractivity contribution < 1.29 is 4.79 Å². The molecule has 1 aromatic carbocycles. The molecule has 1 heterocycles. The van der Waals surface area contributed by atoms with Crippen LogP contribution in [-0.4, -0.2) is 41.5 Å². The number of benzene rings is 1. The van der Waals surface area contributed by atoms with Crippen LogP contribution in [0.1, 0.15) is 64.4 Å². The van der Waals surface area contributed by atoms with Crippen molar-refractivity contribution in [3.63, 3.8) is 0 Å². The van der Waals surface area contributed by atoms with Crippen LogP contribution >= 0.6 is 11.6 Å². The molecule has 1 aromatic rings. The molecular formula is C22H34ClN3O. The standard InChI is InChI=1S/C22H34ClN3O/c1-16(2)24-22(27)21-13-20(25-19-10-5-3-4-6-11-19)15-26(21)14-17-8-7-9-18(23)12-17/h7-9,12,16,19-21,25H,3-6,10-11,13-15H2,1-2H3,(H,24,27)/t20-,21+/m1/s1. The first-order valence-electron chi connectivity index (χ1n) is 10.6. The molecule has 150 valence electrons. The molecule has 0 spiro atoms. The van der Waals surface area contributed by atoms with E-state index in [4.69, 9.17) is 11.6 Å². The molecule has 1 saturated carbocycles. The van der Waals surface area contributed by atoms with Crippen LogP contribution in [0.3, 0.4) is 0 Å². The fraction of sp³-hybridized carbons (Fsp3) is 0.682. The van der Waals surface area contributed by atoms with Gasteiger partial charge in [0.2, 0.25) is 5.91 Å². The molecule has 27 heavy (non-hydrogen) atoms. The van der Waals surface area contributed by atoms with Gasteiger partial charge in [0, 0.05) is 36.2 Å². The Morgan fingerprint density at radius 3 is 2.59 bits per heavy atom. The number of halogens is 1. The third-order valence-corrected chi connectivity index (χ3v) is 5.97. The van der Waals surface area contributed by atoms with Crippen LogP contribution < -0.4 is 10.6 Å². The van der Waals surface area contributed by atoms with Gasteiger partial charge in [0.05, 0.1) is 6.04 Å². The van der Waals surface area contributed by atoms with Gasteiger partial charge in [-0.2, -0.15) is 0 Å². The van der Waals surface area contributed by atoms with E-state index in [9.17, 15) is 4.79 Å². The SMILES string of the molecule is CC(C)NC(=O)[C@@H]1C[C@@H](NC2CCCCCC2)CN1Cc1cccc(Cl)c1. The van der Waals surface area contributed by atoms with Crippen molar-refractivity contribution in [2.75, 3.05) is 6.54 Å². The highest BCUT2D eigenvalue weighted by molar-refractivity contribution is 6.30. The summed E-state index contributed by atoms with van der Waals surface area (Å²) < 4.78 is 0. The molecule has 0 unspecified atom stereocenters. The van der Waals surface area contributed by atoms with Gasteiger partial charge < -0.3 is 10.6 Å². The van der Waals surface area contributed by atoms with Crippen LogP contribution in [0.5, 0.6) is 0 Å². The zero-order valence-electron chi connectivity index (χ0n) is 16.7.